The van der Waals surface area contributed by atoms with Gasteiger partial charge in [-0.05, 0) is 18.2 Å². The number of para-hydroxylation sites is 1. The van der Waals surface area contributed by atoms with E-state index in [1.165, 1.54) is 4.70 Å². The van der Waals surface area contributed by atoms with Gasteiger partial charge in [-0.25, -0.2) is 4.98 Å². The number of hydrogen-bond acceptors (Lipinski definition) is 4. The SMILES string of the molecule is Cn1nc(C(C)(C)C)cc1C(CN)c1nc2ccccc2s1. The van der Waals surface area contributed by atoms with Crippen molar-refractivity contribution in [2.75, 3.05) is 6.54 Å². The number of rotatable bonds is 3. The highest BCUT2D eigenvalue weighted by Crippen LogP contribution is 2.32. The van der Waals surface area contributed by atoms with E-state index < -0.39 is 0 Å². The number of nitrogens with two attached hydrogens (primary N) is 1. The van der Waals surface area contributed by atoms with Crippen LogP contribution in [0.2, 0.25) is 0 Å². The molecule has 2 N–H and O–H groups in total. The van der Waals surface area contributed by atoms with Gasteiger partial charge in [0, 0.05) is 24.7 Å². The van der Waals surface area contributed by atoms with Gasteiger partial charge in [0.05, 0.1) is 21.8 Å². The van der Waals surface area contributed by atoms with Crippen molar-refractivity contribution in [3.8, 4) is 0 Å². The Morgan fingerprint density at radius 1 is 1.27 bits per heavy atom. The first kappa shape index (κ1) is 15.2. The van der Waals surface area contributed by atoms with Crippen LogP contribution in [0.1, 0.15) is 43.1 Å². The summed E-state index contributed by atoms with van der Waals surface area (Å²) in [5.74, 6) is 0.0889. The lowest BCUT2D eigenvalue weighted by atomic mass is 9.91. The average Bonchev–Trinajstić information content (AvgIpc) is 3.03. The first-order valence-electron chi connectivity index (χ1n) is 7.50. The van der Waals surface area contributed by atoms with Gasteiger partial charge >= 0.3 is 0 Å². The van der Waals surface area contributed by atoms with Crippen LogP contribution in [-0.2, 0) is 12.5 Å². The average molecular weight is 314 g/mol. The fourth-order valence-electron chi connectivity index (χ4n) is 2.56. The van der Waals surface area contributed by atoms with E-state index in [1.54, 1.807) is 11.3 Å². The molecule has 3 rings (SSSR count). The molecule has 3 aromatic rings. The largest absolute Gasteiger partial charge is 0.329 e. The highest BCUT2D eigenvalue weighted by Gasteiger charge is 2.25. The minimum Gasteiger partial charge on any atom is -0.329 e. The number of thiazole rings is 1. The molecule has 0 saturated carbocycles. The van der Waals surface area contributed by atoms with Crippen molar-refractivity contribution in [3.05, 3.63) is 46.7 Å². The number of benzene rings is 1. The third-order valence-corrected chi connectivity index (χ3v) is 5.04. The van der Waals surface area contributed by atoms with Gasteiger partial charge < -0.3 is 5.73 Å². The van der Waals surface area contributed by atoms with Crippen molar-refractivity contribution < 1.29 is 0 Å². The van der Waals surface area contributed by atoms with E-state index in [2.05, 4.69) is 38.0 Å². The van der Waals surface area contributed by atoms with E-state index in [0.29, 0.717) is 6.54 Å². The molecule has 0 aliphatic carbocycles. The van der Waals surface area contributed by atoms with E-state index in [4.69, 9.17) is 10.7 Å². The number of fused-ring (bicyclic) bond motifs is 1. The van der Waals surface area contributed by atoms with Crippen molar-refractivity contribution in [1.29, 1.82) is 0 Å². The second-order valence-corrected chi connectivity index (χ2v) is 7.70. The van der Waals surface area contributed by atoms with Crippen molar-refractivity contribution >= 4 is 21.6 Å². The zero-order chi connectivity index (χ0) is 15.9. The molecule has 1 unspecified atom stereocenters. The molecular formula is C17H22N4S. The second-order valence-electron chi connectivity index (χ2n) is 6.64. The predicted molar refractivity (Wildman–Crippen MR) is 92.4 cm³/mol. The highest BCUT2D eigenvalue weighted by atomic mass is 32.1. The van der Waals surface area contributed by atoms with E-state index in [9.17, 15) is 0 Å². The summed E-state index contributed by atoms with van der Waals surface area (Å²) in [4.78, 5) is 4.77. The molecule has 5 heteroatoms. The monoisotopic (exact) mass is 314 g/mol. The van der Waals surface area contributed by atoms with Gasteiger partial charge in [-0.2, -0.15) is 5.10 Å². The maximum atomic E-state index is 6.07. The fraction of sp³-hybridized carbons (Fsp3) is 0.412. The topological polar surface area (TPSA) is 56.7 Å². The third kappa shape index (κ3) is 2.66. The highest BCUT2D eigenvalue weighted by molar-refractivity contribution is 7.18. The maximum Gasteiger partial charge on any atom is 0.104 e. The Kier molecular flexibility index (Phi) is 3.78. The summed E-state index contributed by atoms with van der Waals surface area (Å²) in [5, 5.41) is 5.73. The second kappa shape index (κ2) is 5.48. The molecule has 1 aromatic carbocycles. The van der Waals surface area contributed by atoms with Crippen LogP contribution in [0.15, 0.2) is 30.3 Å². The number of nitrogens with zero attached hydrogens (tertiary/aromatic N) is 3. The minimum atomic E-state index is 0.0305. The summed E-state index contributed by atoms with van der Waals surface area (Å²) >= 11 is 1.72. The molecule has 0 aliphatic rings. The Labute approximate surface area is 135 Å². The van der Waals surface area contributed by atoms with Crippen LogP contribution in [0.4, 0.5) is 0 Å². The summed E-state index contributed by atoms with van der Waals surface area (Å²) in [6.07, 6.45) is 0. The lowest BCUT2D eigenvalue weighted by Crippen LogP contribution is -2.16. The van der Waals surface area contributed by atoms with Crippen LogP contribution in [-0.4, -0.2) is 21.3 Å². The van der Waals surface area contributed by atoms with Gasteiger partial charge in [0.25, 0.3) is 0 Å². The van der Waals surface area contributed by atoms with Crippen LogP contribution in [0.25, 0.3) is 10.2 Å². The van der Waals surface area contributed by atoms with Crippen molar-refractivity contribution in [2.45, 2.75) is 32.1 Å². The molecule has 0 aliphatic heterocycles. The number of aromatic nitrogens is 3. The van der Waals surface area contributed by atoms with Crippen molar-refractivity contribution in [1.82, 2.24) is 14.8 Å². The first-order chi connectivity index (χ1) is 10.4. The standard InChI is InChI=1S/C17H22N4S/c1-17(2,3)15-9-13(21(4)20-15)11(10-18)16-19-12-7-5-6-8-14(12)22-16/h5-9,11H,10,18H2,1-4H3. The lowest BCUT2D eigenvalue weighted by Gasteiger charge is -2.14. The summed E-state index contributed by atoms with van der Waals surface area (Å²) in [7, 11) is 1.99. The third-order valence-electron chi connectivity index (χ3n) is 3.89. The van der Waals surface area contributed by atoms with Gasteiger partial charge in [0.2, 0.25) is 0 Å². The van der Waals surface area contributed by atoms with E-state index in [0.717, 1.165) is 21.9 Å². The Hall–Kier alpha value is -1.72. The van der Waals surface area contributed by atoms with E-state index in [-0.39, 0.29) is 11.3 Å². The molecule has 116 valence electrons. The Balaban J connectivity index is 2.06. The zero-order valence-electron chi connectivity index (χ0n) is 13.5. The zero-order valence-corrected chi connectivity index (χ0v) is 14.3. The molecule has 0 saturated heterocycles. The molecular weight excluding hydrogens is 292 g/mol. The Bertz CT molecular complexity index is 761. The van der Waals surface area contributed by atoms with Crippen LogP contribution in [0.3, 0.4) is 0 Å². The molecule has 0 spiro atoms. The summed E-state index contributed by atoms with van der Waals surface area (Å²) in [6, 6.07) is 10.4. The van der Waals surface area contributed by atoms with Crippen LogP contribution < -0.4 is 5.73 Å². The summed E-state index contributed by atoms with van der Waals surface area (Å²) in [6.45, 7) is 7.06. The lowest BCUT2D eigenvalue weighted by molar-refractivity contribution is 0.550. The maximum absolute atomic E-state index is 6.07. The summed E-state index contributed by atoms with van der Waals surface area (Å²) in [5.41, 5.74) is 9.36. The molecule has 2 heterocycles. The number of aryl methyl sites for hydroxylation is 1. The molecule has 0 bridgehead atoms. The minimum absolute atomic E-state index is 0.0305. The van der Waals surface area contributed by atoms with Crippen LogP contribution >= 0.6 is 11.3 Å². The Morgan fingerprint density at radius 3 is 2.59 bits per heavy atom. The molecule has 4 nitrogen and oxygen atoms in total. The van der Waals surface area contributed by atoms with Gasteiger partial charge in [-0.3, -0.25) is 4.68 Å². The first-order valence-corrected chi connectivity index (χ1v) is 8.31. The summed E-state index contributed by atoms with van der Waals surface area (Å²) < 4.78 is 3.15. The van der Waals surface area contributed by atoms with Gasteiger partial charge in [0.15, 0.2) is 0 Å². The van der Waals surface area contributed by atoms with E-state index in [1.807, 2.05) is 29.9 Å². The molecule has 0 amide bonds. The van der Waals surface area contributed by atoms with Crippen LogP contribution in [0, 0.1) is 0 Å². The van der Waals surface area contributed by atoms with Gasteiger partial charge in [0.1, 0.15) is 5.01 Å². The Morgan fingerprint density at radius 2 is 2.00 bits per heavy atom. The smallest absolute Gasteiger partial charge is 0.104 e. The van der Waals surface area contributed by atoms with Gasteiger partial charge in [-0.1, -0.05) is 32.9 Å². The van der Waals surface area contributed by atoms with Crippen molar-refractivity contribution in [3.63, 3.8) is 0 Å². The molecule has 1 atom stereocenters. The predicted octanol–water partition coefficient (Wildman–Crippen LogP) is 3.42. The molecule has 0 radical (unpaired) electrons. The quantitative estimate of drug-likeness (QED) is 0.806. The van der Waals surface area contributed by atoms with E-state index >= 15 is 0 Å². The normalized spacial score (nSPS) is 13.7. The number of hydrogen-bond donors (Lipinski definition) is 1. The molecule has 0 fully saturated rings. The van der Waals surface area contributed by atoms with Crippen LogP contribution in [0.5, 0.6) is 0 Å². The van der Waals surface area contributed by atoms with Gasteiger partial charge in [-0.15, -0.1) is 11.3 Å². The van der Waals surface area contributed by atoms with Crippen molar-refractivity contribution in [2.24, 2.45) is 12.8 Å². The molecule has 22 heavy (non-hydrogen) atoms. The fourth-order valence-corrected chi connectivity index (χ4v) is 3.65. The molecule has 2 aromatic heterocycles.